The summed E-state index contributed by atoms with van der Waals surface area (Å²) in [5.74, 6) is -1.89. The van der Waals surface area contributed by atoms with Gasteiger partial charge in [-0.15, -0.1) is 0 Å². The third-order valence-corrected chi connectivity index (χ3v) is 1.77. The van der Waals surface area contributed by atoms with Crippen molar-refractivity contribution in [3.8, 4) is 5.75 Å². The van der Waals surface area contributed by atoms with Crippen LogP contribution in [0.15, 0.2) is 23.9 Å². The fourth-order valence-corrected chi connectivity index (χ4v) is 1.03. The van der Waals surface area contributed by atoms with Gasteiger partial charge in [0, 0.05) is 5.56 Å². The number of halogens is 1. The van der Waals surface area contributed by atoms with E-state index in [1.54, 1.807) is 6.07 Å². The maximum Gasteiger partial charge on any atom is 0.351 e. The van der Waals surface area contributed by atoms with Crippen LogP contribution in [0.5, 0.6) is 5.75 Å². The Balaban J connectivity index is 3.16. The summed E-state index contributed by atoms with van der Waals surface area (Å²) in [6, 6.07) is 4.39. The second kappa shape index (κ2) is 4.45. The van der Waals surface area contributed by atoms with Crippen LogP contribution in [0.2, 0.25) is 0 Å². The zero-order valence-electron chi connectivity index (χ0n) is 8.03. The molecule has 0 saturated carbocycles. The Kier molecular flexibility index (Phi) is 3.28. The molecule has 3 N–H and O–H groups in total. The van der Waals surface area contributed by atoms with Crippen molar-refractivity contribution in [3.63, 3.8) is 0 Å². The van der Waals surface area contributed by atoms with E-state index in [-0.39, 0.29) is 11.3 Å². The molecular weight excluding hydrogens is 201 g/mol. The number of benzene rings is 1. The molecule has 15 heavy (non-hydrogen) atoms. The van der Waals surface area contributed by atoms with Gasteiger partial charge in [0.05, 0.1) is 7.11 Å². The smallest absolute Gasteiger partial charge is 0.351 e. The third-order valence-electron chi connectivity index (χ3n) is 1.77. The number of carboxylic acids is 1. The maximum atomic E-state index is 13.5. The van der Waals surface area contributed by atoms with Gasteiger partial charge in [0.15, 0.2) is 11.6 Å². The molecule has 80 valence electrons. The molecule has 0 heterocycles. The van der Waals surface area contributed by atoms with Crippen molar-refractivity contribution in [1.82, 2.24) is 0 Å². The van der Waals surface area contributed by atoms with Gasteiger partial charge in [-0.3, -0.25) is 0 Å². The number of hydrogen-bond donors (Lipinski definition) is 2. The highest BCUT2D eigenvalue weighted by atomic mass is 19.1. The van der Waals surface area contributed by atoms with Gasteiger partial charge in [0.2, 0.25) is 0 Å². The van der Waals surface area contributed by atoms with Crippen LogP contribution in [0, 0.1) is 5.82 Å². The van der Waals surface area contributed by atoms with E-state index in [2.05, 4.69) is 0 Å². The van der Waals surface area contributed by atoms with Crippen molar-refractivity contribution in [2.45, 2.75) is 0 Å². The van der Waals surface area contributed by atoms with E-state index in [1.165, 1.54) is 19.2 Å². The van der Waals surface area contributed by atoms with Crippen LogP contribution in [-0.2, 0) is 4.79 Å². The Morgan fingerprint density at radius 3 is 2.80 bits per heavy atom. The molecule has 0 aliphatic carbocycles. The van der Waals surface area contributed by atoms with Crippen LogP contribution < -0.4 is 10.5 Å². The van der Waals surface area contributed by atoms with Crippen molar-refractivity contribution < 1.29 is 19.0 Å². The molecule has 0 saturated heterocycles. The van der Waals surface area contributed by atoms with Gasteiger partial charge in [-0.25, -0.2) is 9.18 Å². The molecule has 0 amide bonds. The summed E-state index contributed by atoms with van der Waals surface area (Å²) in [5, 5.41) is 8.51. The van der Waals surface area contributed by atoms with Crippen molar-refractivity contribution in [1.29, 1.82) is 0 Å². The van der Waals surface area contributed by atoms with Crippen LogP contribution >= 0.6 is 0 Å². The molecule has 0 bridgehead atoms. The van der Waals surface area contributed by atoms with Crippen LogP contribution in [-0.4, -0.2) is 18.2 Å². The molecule has 0 atom stereocenters. The number of aliphatic carboxylic acids is 1. The summed E-state index contributed by atoms with van der Waals surface area (Å²) in [5.41, 5.74) is 4.81. The van der Waals surface area contributed by atoms with E-state index < -0.39 is 17.5 Å². The minimum atomic E-state index is -1.29. The van der Waals surface area contributed by atoms with Gasteiger partial charge in [-0.05, 0) is 12.1 Å². The molecule has 0 fully saturated rings. The largest absolute Gasteiger partial charge is 0.494 e. The van der Waals surface area contributed by atoms with Gasteiger partial charge in [-0.1, -0.05) is 12.1 Å². The number of rotatable bonds is 3. The number of nitrogens with two attached hydrogens (primary N) is 1. The first kappa shape index (κ1) is 11.0. The van der Waals surface area contributed by atoms with Gasteiger partial charge < -0.3 is 15.6 Å². The minimum Gasteiger partial charge on any atom is -0.494 e. The lowest BCUT2D eigenvalue weighted by Gasteiger charge is -2.03. The van der Waals surface area contributed by atoms with Crippen molar-refractivity contribution in [2.75, 3.05) is 7.11 Å². The van der Waals surface area contributed by atoms with Gasteiger partial charge >= 0.3 is 5.97 Å². The molecule has 4 nitrogen and oxygen atoms in total. The zero-order chi connectivity index (χ0) is 11.4. The molecule has 0 aromatic heterocycles. The lowest BCUT2D eigenvalue weighted by molar-refractivity contribution is -0.132. The Morgan fingerprint density at radius 2 is 2.27 bits per heavy atom. The highest BCUT2D eigenvalue weighted by molar-refractivity contribution is 5.91. The number of carboxylic acid groups (broad SMARTS) is 1. The number of hydrogen-bond acceptors (Lipinski definition) is 3. The first-order chi connectivity index (χ1) is 7.06. The molecule has 0 aliphatic rings. The lowest BCUT2D eigenvalue weighted by atomic mass is 10.1. The molecule has 1 aromatic rings. The minimum absolute atomic E-state index is 0.0435. The predicted octanol–water partition coefficient (Wildman–Crippen LogP) is 1.22. The van der Waals surface area contributed by atoms with Crippen LogP contribution in [0.1, 0.15) is 5.56 Å². The van der Waals surface area contributed by atoms with Gasteiger partial charge in [-0.2, -0.15) is 0 Å². The number of carbonyl (C=O) groups is 1. The summed E-state index contributed by atoms with van der Waals surface area (Å²) in [6.07, 6.45) is 1.04. The Bertz CT molecular complexity index is 415. The summed E-state index contributed by atoms with van der Waals surface area (Å²) in [7, 11) is 1.33. The molecule has 0 radical (unpaired) electrons. The normalized spacial score (nSPS) is 11.2. The predicted molar refractivity (Wildman–Crippen MR) is 52.8 cm³/mol. The molecule has 0 spiro atoms. The van der Waals surface area contributed by atoms with Crippen molar-refractivity contribution >= 4 is 12.0 Å². The number of ether oxygens (including phenoxy) is 1. The second-order valence-electron chi connectivity index (χ2n) is 2.77. The Labute approximate surface area is 85.8 Å². The lowest BCUT2D eigenvalue weighted by Crippen LogP contribution is -2.09. The second-order valence-corrected chi connectivity index (χ2v) is 2.77. The third kappa shape index (κ3) is 2.46. The molecule has 0 aliphatic heterocycles. The molecule has 5 heteroatoms. The summed E-state index contributed by atoms with van der Waals surface area (Å²) in [6.45, 7) is 0. The Hall–Kier alpha value is -2.04. The van der Waals surface area contributed by atoms with Crippen LogP contribution in [0.3, 0.4) is 0 Å². The van der Waals surface area contributed by atoms with E-state index >= 15 is 0 Å². The molecule has 1 rings (SSSR count). The van der Waals surface area contributed by atoms with E-state index in [1.807, 2.05) is 0 Å². The standard InChI is InChI=1S/C10H10FNO3/c1-15-8-4-2-3-6(9(8)11)5-7(12)10(13)14/h2-5H,12H2,1H3,(H,13,14)/b7-5+. The highest BCUT2D eigenvalue weighted by Gasteiger charge is 2.08. The fraction of sp³-hybridized carbons (Fsp3) is 0.100. The fourth-order valence-electron chi connectivity index (χ4n) is 1.03. The quantitative estimate of drug-likeness (QED) is 0.737. The van der Waals surface area contributed by atoms with Crippen LogP contribution in [0.25, 0.3) is 6.08 Å². The van der Waals surface area contributed by atoms with E-state index in [9.17, 15) is 9.18 Å². The van der Waals surface area contributed by atoms with Crippen LogP contribution in [0.4, 0.5) is 4.39 Å². The maximum absolute atomic E-state index is 13.5. The van der Waals surface area contributed by atoms with Crippen molar-refractivity contribution in [2.24, 2.45) is 5.73 Å². The topological polar surface area (TPSA) is 72.5 Å². The van der Waals surface area contributed by atoms with E-state index in [0.717, 1.165) is 6.08 Å². The average molecular weight is 211 g/mol. The summed E-state index contributed by atoms with van der Waals surface area (Å²) >= 11 is 0. The first-order valence-corrected chi connectivity index (χ1v) is 4.09. The molecule has 0 unspecified atom stereocenters. The number of methoxy groups -OCH3 is 1. The monoisotopic (exact) mass is 211 g/mol. The molecular formula is C10H10FNO3. The van der Waals surface area contributed by atoms with Gasteiger partial charge in [0.25, 0.3) is 0 Å². The van der Waals surface area contributed by atoms with Gasteiger partial charge in [0.1, 0.15) is 5.70 Å². The first-order valence-electron chi connectivity index (χ1n) is 4.09. The van der Waals surface area contributed by atoms with E-state index in [4.69, 9.17) is 15.6 Å². The zero-order valence-corrected chi connectivity index (χ0v) is 8.03. The summed E-state index contributed by atoms with van der Waals surface area (Å²) in [4.78, 5) is 10.4. The Morgan fingerprint density at radius 1 is 1.60 bits per heavy atom. The molecule has 1 aromatic carbocycles. The summed E-state index contributed by atoms with van der Waals surface area (Å²) < 4.78 is 18.2. The van der Waals surface area contributed by atoms with Crippen molar-refractivity contribution in [3.05, 3.63) is 35.3 Å². The van der Waals surface area contributed by atoms with E-state index in [0.29, 0.717) is 0 Å². The highest BCUT2D eigenvalue weighted by Crippen LogP contribution is 2.21. The SMILES string of the molecule is COc1cccc(/C=C(/N)C(=O)O)c1F. The average Bonchev–Trinajstić information content (AvgIpc) is 2.21.